The van der Waals surface area contributed by atoms with Crippen LogP contribution in [0.2, 0.25) is 0 Å². The second kappa shape index (κ2) is 18.1. The Labute approximate surface area is 286 Å². The van der Waals surface area contributed by atoms with E-state index in [-0.39, 0.29) is 12.1 Å². The first-order chi connectivity index (χ1) is 22.1. The van der Waals surface area contributed by atoms with Crippen LogP contribution in [0.4, 0.5) is 0 Å². The molecule has 2 heteroatoms. The Kier molecular flexibility index (Phi) is 14.8. The molecule has 2 nitrogen and oxygen atoms in total. The minimum atomic E-state index is 0.0695. The Bertz CT molecular complexity index is 976. The number of hydrogen-bond acceptors (Lipinski definition) is 2. The lowest BCUT2D eigenvalue weighted by Crippen LogP contribution is -2.50. The van der Waals surface area contributed by atoms with Crippen molar-refractivity contribution in [2.24, 2.45) is 52.3 Å². The number of rotatable bonds is 19. The van der Waals surface area contributed by atoms with Gasteiger partial charge in [0.25, 0.3) is 0 Å². The molecule has 9 atom stereocenters. The molecule has 4 aliphatic carbocycles. The largest absolute Gasteiger partial charge is 0.462 e. The fourth-order valence-corrected chi connectivity index (χ4v) is 10.7. The maximum Gasteiger partial charge on any atom is 0.306 e. The van der Waals surface area contributed by atoms with Crippen molar-refractivity contribution in [1.29, 1.82) is 0 Å². The second-order valence-corrected chi connectivity index (χ2v) is 17.7. The Hall–Kier alpha value is -1.05. The molecule has 0 aromatic rings. The molecule has 9 unspecified atom stereocenters. The van der Waals surface area contributed by atoms with Gasteiger partial charge in [-0.15, -0.1) is 0 Å². The SMILES string of the molecule is CCCCCCCCCCCCCCCC(=O)OC1CCC2(C)C(CC=C3C2CCC2(C)C3CCC2C(C)C=CC(C)C(C)C)C1. The molecule has 0 bridgehead atoms. The summed E-state index contributed by atoms with van der Waals surface area (Å²) < 4.78 is 6.14. The molecular weight excluding hydrogens is 560 g/mol. The molecule has 0 N–H and O–H groups in total. The average molecular weight is 637 g/mol. The van der Waals surface area contributed by atoms with Crippen molar-refractivity contribution in [3.63, 3.8) is 0 Å². The fourth-order valence-electron chi connectivity index (χ4n) is 10.7. The van der Waals surface area contributed by atoms with Gasteiger partial charge in [-0.05, 0) is 110 Å². The van der Waals surface area contributed by atoms with Crippen molar-refractivity contribution in [1.82, 2.24) is 0 Å². The van der Waals surface area contributed by atoms with Crippen LogP contribution in [0.25, 0.3) is 0 Å². The summed E-state index contributed by atoms with van der Waals surface area (Å²) in [5.74, 6) is 5.13. The summed E-state index contributed by atoms with van der Waals surface area (Å²) in [5, 5.41) is 0. The standard InChI is InChI=1S/C44H76O2/c1-8-9-10-11-12-13-14-15-16-17-18-19-20-21-42(45)46-37-28-30-43(6)36(32-37)24-25-38-40-27-26-39(44(40,7)31-29-41(38)43)35(5)23-22-34(4)33(2)3/h22-23,25,33-37,39-41H,8-21,24,26-32H2,1-7H3. The molecule has 46 heavy (non-hydrogen) atoms. The first kappa shape index (κ1) is 37.8. The van der Waals surface area contributed by atoms with Gasteiger partial charge in [0.2, 0.25) is 0 Å². The topological polar surface area (TPSA) is 26.3 Å². The van der Waals surface area contributed by atoms with Crippen LogP contribution in [0.3, 0.4) is 0 Å². The molecule has 4 aliphatic rings. The molecule has 264 valence electrons. The highest BCUT2D eigenvalue weighted by molar-refractivity contribution is 5.69. The molecule has 4 rings (SSSR count). The summed E-state index contributed by atoms with van der Waals surface area (Å²) in [5.41, 5.74) is 2.69. The highest BCUT2D eigenvalue weighted by Gasteiger charge is 2.58. The van der Waals surface area contributed by atoms with Gasteiger partial charge in [0.05, 0.1) is 0 Å². The van der Waals surface area contributed by atoms with Gasteiger partial charge in [0.1, 0.15) is 6.10 Å². The number of allylic oxidation sites excluding steroid dienone is 4. The number of fused-ring (bicyclic) bond motifs is 5. The Morgan fingerprint density at radius 1 is 0.783 bits per heavy atom. The Balaban J connectivity index is 1.16. The van der Waals surface area contributed by atoms with Gasteiger partial charge in [0.15, 0.2) is 0 Å². The maximum atomic E-state index is 12.8. The third-order valence-electron chi connectivity index (χ3n) is 14.3. The van der Waals surface area contributed by atoms with Crippen LogP contribution in [0, 0.1) is 52.3 Å². The average Bonchev–Trinajstić information content (AvgIpc) is 3.39. The van der Waals surface area contributed by atoms with E-state index in [9.17, 15) is 4.79 Å². The molecule has 0 spiro atoms. The molecule has 0 aliphatic heterocycles. The van der Waals surface area contributed by atoms with E-state index in [0.29, 0.717) is 35.0 Å². The van der Waals surface area contributed by atoms with Crippen LogP contribution >= 0.6 is 0 Å². The molecule has 3 saturated carbocycles. The summed E-state index contributed by atoms with van der Waals surface area (Å²) in [6, 6.07) is 0. The predicted octanol–water partition coefficient (Wildman–Crippen LogP) is 13.4. The van der Waals surface area contributed by atoms with E-state index < -0.39 is 0 Å². The fraction of sp³-hybridized carbons (Fsp3) is 0.886. The molecule has 0 amide bonds. The number of hydrogen-bond donors (Lipinski definition) is 0. The summed E-state index contributed by atoms with van der Waals surface area (Å²) in [7, 11) is 0. The van der Waals surface area contributed by atoms with Crippen molar-refractivity contribution in [2.45, 2.75) is 196 Å². The van der Waals surface area contributed by atoms with Crippen LogP contribution < -0.4 is 0 Å². The van der Waals surface area contributed by atoms with E-state index in [1.54, 1.807) is 0 Å². The van der Waals surface area contributed by atoms with E-state index >= 15 is 0 Å². The lowest BCUT2D eigenvalue weighted by molar-refractivity contribution is -0.155. The molecule has 0 radical (unpaired) electrons. The highest BCUT2D eigenvalue weighted by atomic mass is 16.5. The quantitative estimate of drug-likeness (QED) is 0.0801. The summed E-state index contributed by atoms with van der Waals surface area (Å²) >= 11 is 0. The lowest BCUT2D eigenvalue weighted by Gasteiger charge is -2.58. The summed E-state index contributed by atoms with van der Waals surface area (Å²) in [4.78, 5) is 12.8. The maximum absolute atomic E-state index is 12.8. The summed E-state index contributed by atoms with van der Waals surface area (Å²) in [6.07, 6.45) is 36.1. The monoisotopic (exact) mass is 637 g/mol. The predicted molar refractivity (Wildman–Crippen MR) is 198 cm³/mol. The number of ether oxygens (including phenoxy) is 1. The molecule has 0 saturated heterocycles. The second-order valence-electron chi connectivity index (χ2n) is 17.7. The highest BCUT2D eigenvalue weighted by Crippen LogP contribution is 2.67. The molecular formula is C44H76O2. The minimum absolute atomic E-state index is 0.0695. The van der Waals surface area contributed by atoms with Crippen molar-refractivity contribution in [3.8, 4) is 0 Å². The van der Waals surface area contributed by atoms with Crippen molar-refractivity contribution in [3.05, 3.63) is 23.8 Å². The normalized spacial score (nSPS) is 33.7. The first-order valence-corrected chi connectivity index (χ1v) is 20.7. The number of esters is 1. The van der Waals surface area contributed by atoms with Gasteiger partial charge in [-0.3, -0.25) is 4.79 Å². The van der Waals surface area contributed by atoms with Gasteiger partial charge < -0.3 is 4.74 Å². The lowest BCUT2D eigenvalue weighted by atomic mass is 9.47. The van der Waals surface area contributed by atoms with E-state index in [1.165, 1.54) is 116 Å². The molecule has 0 heterocycles. The van der Waals surface area contributed by atoms with Crippen LogP contribution in [0.15, 0.2) is 23.8 Å². The zero-order chi connectivity index (χ0) is 33.2. The zero-order valence-corrected chi connectivity index (χ0v) is 31.7. The Morgan fingerprint density at radius 2 is 1.37 bits per heavy atom. The van der Waals surface area contributed by atoms with E-state index in [4.69, 9.17) is 4.74 Å². The van der Waals surface area contributed by atoms with E-state index in [0.717, 1.165) is 42.9 Å². The van der Waals surface area contributed by atoms with Crippen LogP contribution in [-0.2, 0) is 9.53 Å². The van der Waals surface area contributed by atoms with Gasteiger partial charge >= 0.3 is 5.97 Å². The number of unbranched alkanes of at least 4 members (excludes halogenated alkanes) is 12. The third kappa shape index (κ3) is 9.55. The minimum Gasteiger partial charge on any atom is -0.462 e. The Morgan fingerprint density at radius 3 is 2.00 bits per heavy atom. The van der Waals surface area contributed by atoms with Crippen LogP contribution in [0.5, 0.6) is 0 Å². The van der Waals surface area contributed by atoms with Crippen molar-refractivity contribution in [2.75, 3.05) is 0 Å². The number of carbonyl (C=O) groups is 1. The van der Waals surface area contributed by atoms with Gasteiger partial charge in [-0.25, -0.2) is 0 Å². The van der Waals surface area contributed by atoms with Gasteiger partial charge in [-0.2, -0.15) is 0 Å². The van der Waals surface area contributed by atoms with E-state index in [1.807, 2.05) is 5.57 Å². The smallest absolute Gasteiger partial charge is 0.306 e. The third-order valence-corrected chi connectivity index (χ3v) is 14.3. The zero-order valence-electron chi connectivity index (χ0n) is 31.7. The van der Waals surface area contributed by atoms with E-state index in [2.05, 4.69) is 66.7 Å². The molecule has 0 aromatic carbocycles. The van der Waals surface area contributed by atoms with Gasteiger partial charge in [0, 0.05) is 6.42 Å². The summed E-state index contributed by atoms with van der Waals surface area (Å²) in [6.45, 7) is 17.1. The van der Waals surface area contributed by atoms with Crippen molar-refractivity contribution < 1.29 is 9.53 Å². The van der Waals surface area contributed by atoms with Crippen molar-refractivity contribution >= 4 is 5.97 Å². The number of carbonyl (C=O) groups excluding carboxylic acids is 1. The molecule has 0 aromatic heterocycles. The van der Waals surface area contributed by atoms with Crippen LogP contribution in [-0.4, -0.2) is 12.1 Å². The van der Waals surface area contributed by atoms with Gasteiger partial charge in [-0.1, -0.05) is 149 Å². The first-order valence-electron chi connectivity index (χ1n) is 20.7. The molecule has 3 fully saturated rings. The van der Waals surface area contributed by atoms with Crippen LogP contribution in [0.1, 0.15) is 190 Å².